The van der Waals surface area contributed by atoms with Gasteiger partial charge in [-0.2, -0.15) is 0 Å². The number of carbonyl (C=O) groups is 1. The molecule has 0 saturated heterocycles. The van der Waals surface area contributed by atoms with Crippen LogP contribution < -0.4 is 10.2 Å². The normalized spacial score (nSPS) is 19.6. The van der Waals surface area contributed by atoms with Gasteiger partial charge in [-0.1, -0.05) is 71.4 Å². The van der Waals surface area contributed by atoms with E-state index in [1.165, 1.54) is 0 Å². The SMILES string of the molecule is CCCCCC(=O)Nc1cccc(C2c3cc(N(C)C)ccc3S(=O)(=O)CC(CCCC)(CCCC)C2O)c1. The molecule has 0 radical (unpaired) electrons. The molecular weight excluding hydrogens is 508 g/mol. The van der Waals surface area contributed by atoms with E-state index in [9.17, 15) is 18.3 Å². The molecule has 0 saturated carbocycles. The molecule has 1 heterocycles. The molecule has 2 aromatic carbocycles. The Labute approximate surface area is 236 Å². The highest BCUT2D eigenvalue weighted by Crippen LogP contribution is 2.50. The van der Waals surface area contributed by atoms with E-state index in [0.717, 1.165) is 56.2 Å². The molecule has 2 aromatic rings. The Morgan fingerprint density at radius 2 is 1.64 bits per heavy atom. The van der Waals surface area contributed by atoms with Crippen LogP contribution in [-0.4, -0.2) is 45.4 Å². The first-order valence-corrected chi connectivity index (χ1v) is 16.4. The Hall–Kier alpha value is -2.38. The van der Waals surface area contributed by atoms with Gasteiger partial charge in [-0.15, -0.1) is 0 Å². The number of anilines is 2. The Balaban J connectivity index is 2.18. The molecule has 0 fully saturated rings. The summed E-state index contributed by atoms with van der Waals surface area (Å²) in [6.45, 7) is 6.32. The number of aliphatic hydroxyl groups is 1. The highest BCUT2D eigenvalue weighted by Gasteiger charge is 2.49. The van der Waals surface area contributed by atoms with Gasteiger partial charge in [0.05, 0.1) is 16.8 Å². The lowest BCUT2D eigenvalue weighted by atomic mass is 9.68. The van der Waals surface area contributed by atoms with Crippen molar-refractivity contribution in [3.63, 3.8) is 0 Å². The minimum Gasteiger partial charge on any atom is -0.392 e. The minimum absolute atomic E-state index is 0.0277. The summed E-state index contributed by atoms with van der Waals surface area (Å²) < 4.78 is 28.0. The number of fused-ring (bicyclic) bond motifs is 1. The third-order valence-electron chi connectivity index (χ3n) is 8.19. The summed E-state index contributed by atoms with van der Waals surface area (Å²) in [6, 6.07) is 13.1. The molecule has 1 aliphatic heterocycles. The van der Waals surface area contributed by atoms with Crippen LogP contribution in [0.3, 0.4) is 0 Å². The first-order chi connectivity index (χ1) is 18.6. The molecule has 7 heteroatoms. The van der Waals surface area contributed by atoms with Gasteiger partial charge in [0.2, 0.25) is 5.91 Å². The van der Waals surface area contributed by atoms with Gasteiger partial charge in [0.25, 0.3) is 0 Å². The number of carbonyl (C=O) groups excluding carboxylic acids is 1. The van der Waals surface area contributed by atoms with E-state index in [4.69, 9.17) is 0 Å². The Bertz CT molecular complexity index is 1200. The molecule has 3 rings (SSSR count). The monoisotopic (exact) mass is 556 g/mol. The third kappa shape index (κ3) is 7.43. The molecule has 0 aliphatic carbocycles. The van der Waals surface area contributed by atoms with Crippen molar-refractivity contribution < 1.29 is 18.3 Å². The van der Waals surface area contributed by atoms with Crippen molar-refractivity contribution in [1.29, 1.82) is 0 Å². The fourth-order valence-corrected chi connectivity index (χ4v) is 8.15. The van der Waals surface area contributed by atoms with Gasteiger partial charge in [-0.25, -0.2) is 8.42 Å². The lowest BCUT2D eigenvalue weighted by molar-refractivity contribution is -0.116. The maximum absolute atomic E-state index is 14.0. The quantitative estimate of drug-likeness (QED) is 0.262. The van der Waals surface area contributed by atoms with E-state index in [2.05, 4.69) is 26.1 Å². The topological polar surface area (TPSA) is 86.7 Å². The number of hydrogen-bond acceptors (Lipinski definition) is 5. The van der Waals surface area contributed by atoms with Gasteiger partial charge in [0, 0.05) is 43.2 Å². The number of sulfone groups is 1. The molecule has 2 atom stereocenters. The number of nitrogens with zero attached hydrogens (tertiary/aromatic N) is 1. The number of nitrogens with one attached hydrogen (secondary N) is 1. The fourth-order valence-electron chi connectivity index (χ4n) is 5.96. The average Bonchev–Trinajstić information content (AvgIpc) is 2.97. The van der Waals surface area contributed by atoms with E-state index in [1.807, 2.05) is 55.4 Å². The summed E-state index contributed by atoms with van der Waals surface area (Å²) in [7, 11) is 0.207. The van der Waals surface area contributed by atoms with Crippen molar-refractivity contribution >= 4 is 27.1 Å². The minimum atomic E-state index is -3.65. The third-order valence-corrected chi connectivity index (χ3v) is 10.2. The highest BCUT2D eigenvalue weighted by molar-refractivity contribution is 7.91. The lowest BCUT2D eigenvalue weighted by Gasteiger charge is -2.40. The summed E-state index contributed by atoms with van der Waals surface area (Å²) >= 11 is 0. The molecule has 39 heavy (non-hydrogen) atoms. The van der Waals surface area contributed by atoms with E-state index < -0.39 is 27.3 Å². The molecule has 6 nitrogen and oxygen atoms in total. The van der Waals surface area contributed by atoms with Crippen LogP contribution in [-0.2, 0) is 14.6 Å². The first kappa shape index (κ1) is 31.2. The first-order valence-electron chi connectivity index (χ1n) is 14.7. The van der Waals surface area contributed by atoms with Crippen molar-refractivity contribution in [2.24, 2.45) is 5.41 Å². The summed E-state index contributed by atoms with van der Waals surface area (Å²) in [5, 5.41) is 15.3. The van der Waals surface area contributed by atoms with Crippen molar-refractivity contribution in [3.05, 3.63) is 53.6 Å². The second-order valence-corrected chi connectivity index (χ2v) is 13.5. The van der Waals surface area contributed by atoms with Crippen LogP contribution >= 0.6 is 0 Å². The highest BCUT2D eigenvalue weighted by atomic mass is 32.2. The Kier molecular flexibility index (Phi) is 11.0. The van der Waals surface area contributed by atoms with Crippen molar-refractivity contribution in [3.8, 4) is 0 Å². The van der Waals surface area contributed by atoms with Crippen LogP contribution in [0, 0.1) is 5.41 Å². The molecule has 1 aliphatic rings. The summed E-state index contributed by atoms with van der Waals surface area (Å²) in [6.07, 6.45) is 7.38. The van der Waals surface area contributed by atoms with Crippen molar-refractivity contribution in [1.82, 2.24) is 0 Å². The van der Waals surface area contributed by atoms with E-state index in [-0.39, 0.29) is 11.7 Å². The van der Waals surface area contributed by atoms with Crippen LogP contribution in [0.4, 0.5) is 11.4 Å². The predicted molar refractivity (Wildman–Crippen MR) is 161 cm³/mol. The number of unbranched alkanes of at least 4 members (excludes halogenated alkanes) is 4. The maximum Gasteiger partial charge on any atom is 0.224 e. The molecule has 2 N–H and O–H groups in total. The summed E-state index contributed by atoms with van der Waals surface area (Å²) in [5.74, 6) is -0.622. The zero-order valence-electron chi connectivity index (χ0n) is 24.5. The second kappa shape index (κ2) is 13.8. The van der Waals surface area contributed by atoms with E-state index in [1.54, 1.807) is 6.07 Å². The largest absolute Gasteiger partial charge is 0.392 e. The van der Waals surface area contributed by atoms with Crippen LogP contribution in [0.15, 0.2) is 47.4 Å². The van der Waals surface area contributed by atoms with Gasteiger partial charge >= 0.3 is 0 Å². The molecule has 1 amide bonds. The molecule has 2 unspecified atom stereocenters. The number of benzene rings is 2. The van der Waals surface area contributed by atoms with Crippen molar-refractivity contribution in [2.75, 3.05) is 30.1 Å². The Morgan fingerprint density at radius 3 is 2.26 bits per heavy atom. The number of hydrogen-bond donors (Lipinski definition) is 2. The molecular formula is C32H48N2O4S. The molecule has 0 spiro atoms. The zero-order valence-corrected chi connectivity index (χ0v) is 25.3. The molecule has 0 aromatic heterocycles. The maximum atomic E-state index is 14.0. The summed E-state index contributed by atoms with van der Waals surface area (Å²) in [4.78, 5) is 14.9. The second-order valence-electron chi connectivity index (χ2n) is 11.5. The van der Waals surface area contributed by atoms with Gasteiger partial charge in [-0.05, 0) is 60.7 Å². The van der Waals surface area contributed by atoms with Gasteiger partial charge in [0.15, 0.2) is 9.84 Å². The smallest absolute Gasteiger partial charge is 0.224 e. The van der Waals surface area contributed by atoms with E-state index in [0.29, 0.717) is 35.4 Å². The van der Waals surface area contributed by atoms with Gasteiger partial charge in [-0.3, -0.25) is 4.79 Å². The Morgan fingerprint density at radius 1 is 0.974 bits per heavy atom. The van der Waals surface area contributed by atoms with Crippen LogP contribution in [0.5, 0.6) is 0 Å². The van der Waals surface area contributed by atoms with E-state index >= 15 is 0 Å². The fraction of sp³-hybridized carbons (Fsp3) is 0.594. The standard InChI is InChI=1S/C32H48N2O4S/c1-6-9-12-16-29(35)33-25-15-13-14-24(21-25)30-27-22-26(34(4)5)17-18-28(27)39(37,38)23-32(31(30)36,19-10-7-2)20-11-8-3/h13-15,17-18,21-22,30-31,36H,6-12,16,19-20,23H2,1-5H3,(H,33,35). The molecule has 216 valence electrons. The van der Waals surface area contributed by atoms with Crippen LogP contribution in [0.2, 0.25) is 0 Å². The predicted octanol–water partition coefficient (Wildman–Crippen LogP) is 6.92. The van der Waals surface area contributed by atoms with Gasteiger partial charge < -0.3 is 15.3 Å². The van der Waals surface area contributed by atoms with Crippen molar-refractivity contribution in [2.45, 2.75) is 102 Å². The zero-order chi connectivity index (χ0) is 28.6. The number of rotatable bonds is 13. The van der Waals surface area contributed by atoms with Gasteiger partial charge in [0.1, 0.15) is 0 Å². The molecule has 0 bridgehead atoms. The number of amides is 1. The lowest BCUT2D eigenvalue weighted by Crippen LogP contribution is -2.43. The van der Waals surface area contributed by atoms with Crippen LogP contribution in [0.25, 0.3) is 0 Å². The number of aliphatic hydroxyl groups excluding tert-OH is 1. The average molecular weight is 557 g/mol. The summed E-state index contributed by atoms with van der Waals surface area (Å²) in [5.41, 5.74) is 2.25. The van der Waals surface area contributed by atoms with Crippen LogP contribution in [0.1, 0.15) is 102 Å².